The van der Waals surface area contributed by atoms with E-state index in [-0.39, 0.29) is 0 Å². The Labute approximate surface area is 103 Å². The van der Waals surface area contributed by atoms with Gasteiger partial charge >= 0.3 is 0 Å². The molecule has 92 valence electrons. The second kappa shape index (κ2) is 6.24. The number of nitrogens with zero attached hydrogens (tertiary/aromatic N) is 3. The van der Waals surface area contributed by atoms with E-state index in [9.17, 15) is 0 Å². The maximum atomic E-state index is 9.14. The number of nitrogens with two attached hydrogens (primary N) is 1. The number of rotatable bonds is 5. The van der Waals surface area contributed by atoms with Gasteiger partial charge in [0.15, 0.2) is 0 Å². The van der Waals surface area contributed by atoms with Gasteiger partial charge in [0.05, 0.1) is 11.3 Å². The predicted molar refractivity (Wildman–Crippen MR) is 70.9 cm³/mol. The van der Waals surface area contributed by atoms with Crippen LogP contribution < -0.4 is 10.6 Å². The summed E-state index contributed by atoms with van der Waals surface area (Å²) in [5.41, 5.74) is 8.21. The number of likely N-dealkylation sites (N-methyl/N-ethyl adjacent to an activating group) is 2. The molecule has 0 unspecified atom stereocenters. The predicted octanol–water partition coefficient (Wildman–Crippen LogP) is 1.01. The third kappa shape index (κ3) is 3.74. The quantitative estimate of drug-likeness (QED) is 0.823. The van der Waals surface area contributed by atoms with Crippen LogP contribution in [-0.4, -0.2) is 39.1 Å². The van der Waals surface area contributed by atoms with Crippen LogP contribution in [0.15, 0.2) is 18.2 Å². The summed E-state index contributed by atoms with van der Waals surface area (Å²) < 4.78 is 0. The van der Waals surface area contributed by atoms with Crippen molar-refractivity contribution < 1.29 is 0 Å². The summed E-state index contributed by atoms with van der Waals surface area (Å²) in [6, 6.07) is 8.03. The first-order chi connectivity index (χ1) is 8.08. The topological polar surface area (TPSA) is 56.3 Å². The average molecular weight is 232 g/mol. The highest BCUT2D eigenvalue weighted by atomic mass is 15.2. The second-order valence-electron chi connectivity index (χ2n) is 4.39. The van der Waals surface area contributed by atoms with Crippen molar-refractivity contribution in [2.24, 2.45) is 5.73 Å². The van der Waals surface area contributed by atoms with Crippen molar-refractivity contribution in [1.82, 2.24) is 4.90 Å². The smallest absolute Gasteiger partial charge is 0.101 e. The van der Waals surface area contributed by atoms with Crippen LogP contribution in [0.4, 0.5) is 5.69 Å². The first-order valence-electron chi connectivity index (χ1n) is 5.67. The van der Waals surface area contributed by atoms with Gasteiger partial charge in [-0.15, -0.1) is 0 Å². The fraction of sp³-hybridized carbons (Fsp3) is 0.462. The molecule has 1 aromatic rings. The van der Waals surface area contributed by atoms with Gasteiger partial charge in [0.2, 0.25) is 0 Å². The van der Waals surface area contributed by atoms with Gasteiger partial charge in [-0.2, -0.15) is 5.26 Å². The standard InChI is InChI=1S/C13H20N4/c1-16(2)6-7-17(3)13-5-4-11(9-14)8-12(13)10-15/h4-5,8H,6-7,9,14H2,1-3H3. The molecular formula is C13H20N4. The molecule has 0 aliphatic rings. The van der Waals surface area contributed by atoms with Gasteiger partial charge in [-0.25, -0.2) is 0 Å². The van der Waals surface area contributed by atoms with Crippen molar-refractivity contribution >= 4 is 5.69 Å². The van der Waals surface area contributed by atoms with Crippen LogP contribution in [0.1, 0.15) is 11.1 Å². The Balaban J connectivity index is 2.86. The molecule has 0 saturated carbocycles. The molecule has 0 spiro atoms. The minimum Gasteiger partial charge on any atom is -0.372 e. The Hall–Kier alpha value is -1.57. The van der Waals surface area contributed by atoms with Crippen LogP contribution in [0.5, 0.6) is 0 Å². The largest absolute Gasteiger partial charge is 0.372 e. The molecule has 4 heteroatoms. The van der Waals surface area contributed by atoms with Gasteiger partial charge in [0.1, 0.15) is 6.07 Å². The van der Waals surface area contributed by atoms with Gasteiger partial charge in [-0.05, 0) is 31.8 Å². The molecular weight excluding hydrogens is 212 g/mol. The molecule has 0 aliphatic heterocycles. The maximum absolute atomic E-state index is 9.14. The highest BCUT2D eigenvalue weighted by Crippen LogP contribution is 2.20. The van der Waals surface area contributed by atoms with Gasteiger partial charge in [0, 0.05) is 26.7 Å². The lowest BCUT2D eigenvalue weighted by Gasteiger charge is -2.22. The van der Waals surface area contributed by atoms with Crippen molar-refractivity contribution in [2.45, 2.75) is 6.54 Å². The van der Waals surface area contributed by atoms with E-state index in [0.29, 0.717) is 12.1 Å². The van der Waals surface area contributed by atoms with Crippen LogP contribution in [0.25, 0.3) is 0 Å². The average Bonchev–Trinajstić information content (AvgIpc) is 2.34. The van der Waals surface area contributed by atoms with Gasteiger partial charge in [-0.3, -0.25) is 0 Å². The molecule has 0 fully saturated rings. The molecule has 0 saturated heterocycles. The summed E-state index contributed by atoms with van der Waals surface area (Å²) in [6.45, 7) is 2.32. The summed E-state index contributed by atoms with van der Waals surface area (Å²) in [4.78, 5) is 4.22. The number of anilines is 1. The number of nitriles is 1. The number of hydrogen-bond donors (Lipinski definition) is 1. The number of benzene rings is 1. The summed E-state index contributed by atoms with van der Waals surface area (Å²) in [5.74, 6) is 0. The van der Waals surface area contributed by atoms with E-state index >= 15 is 0 Å². The summed E-state index contributed by atoms with van der Waals surface area (Å²) in [6.07, 6.45) is 0. The first-order valence-corrected chi connectivity index (χ1v) is 5.67. The molecule has 17 heavy (non-hydrogen) atoms. The lowest BCUT2D eigenvalue weighted by molar-refractivity contribution is 0.416. The minimum absolute atomic E-state index is 0.469. The molecule has 0 radical (unpaired) electrons. The Morgan fingerprint density at radius 2 is 1.94 bits per heavy atom. The molecule has 1 rings (SSSR count). The van der Waals surface area contributed by atoms with E-state index in [1.165, 1.54) is 0 Å². The highest BCUT2D eigenvalue weighted by Gasteiger charge is 2.08. The lowest BCUT2D eigenvalue weighted by atomic mass is 10.1. The Kier molecular flexibility index (Phi) is 4.95. The minimum atomic E-state index is 0.469. The fourth-order valence-corrected chi connectivity index (χ4v) is 1.60. The van der Waals surface area contributed by atoms with Gasteiger partial charge in [0.25, 0.3) is 0 Å². The van der Waals surface area contributed by atoms with E-state index < -0.39 is 0 Å². The zero-order valence-electron chi connectivity index (χ0n) is 10.8. The summed E-state index contributed by atoms with van der Waals surface area (Å²) in [7, 11) is 6.08. The van der Waals surface area contributed by atoms with Crippen LogP contribution in [-0.2, 0) is 6.54 Å². The Morgan fingerprint density at radius 1 is 1.24 bits per heavy atom. The van der Waals surface area contributed by atoms with E-state index in [0.717, 1.165) is 24.3 Å². The fourth-order valence-electron chi connectivity index (χ4n) is 1.60. The Bertz CT molecular complexity index is 406. The molecule has 0 amide bonds. The van der Waals surface area contributed by atoms with Crippen molar-refractivity contribution in [3.8, 4) is 6.07 Å². The third-order valence-electron chi connectivity index (χ3n) is 2.71. The molecule has 4 nitrogen and oxygen atoms in total. The van der Waals surface area contributed by atoms with Crippen LogP contribution in [0.3, 0.4) is 0 Å². The summed E-state index contributed by atoms with van der Waals surface area (Å²) in [5, 5.41) is 9.14. The third-order valence-corrected chi connectivity index (χ3v) is 2.71. The SMILES string of the molecule is CN(C)CCN(C)c1ccc(CN)cc1C#N. The van der Waals surface area contributed by atoms with E-state index in [2.05, 4.69) is 15.9 Å². The van der Waals surface area contributed by atoms with E-state index in [1.54, 1.807) is 0 Å². The van der Waals surface area contributed by atoms with Crippen molar-refractivity contribution in [3.05, 3.63) is 29.3 Å². The highest BCUT2D eigenvalue weighted by molar-refractivity contribution is 5.60. The molecule has 0 bridgehead atoms. The maximum Gasteiger partial charge on any atom is 0.101 e. The van der Waals surface area contributed by atoms with Gasteiger partial charge < -0.3 is 15.5 Å². The van der Waals surface area contributed by atoms with Crippen LogP contribution in [0, 0.1) is 11.3 Å². The van der Waals surface area contributed by atoms with Crippen molar-refractivity contribution in [3.63, 3.8) is 0 Å². The zero-order chi connectivity index (χ0) is 12.8. The van der Waals surface area contributed by atoms with Crippen LogP contribution in [0.2, 0.25) is 0 Å². The zero-order valence-corrected chi connectivity index (χ0v) is 10.8. The second-order valence-corrected chi connectivity index (χ2v) is 4.39. The first kappa shape index (κ1) is 13.5. The molecule has 0 atom stereocenters. The summed E-state index contributed by atoms with van der Waals surface area (Å²) >= 11 is 0. The molecule has 2 N–H and O–H groups in total. The molecule has 0 aromatic heterocycles. The molecule has 1 aromatic carbocycles. The number of hydrogen-bond acceptors (Lipinski definition) is 4. The normalized spacial score (nSPS) is 10.4. The van der Waals surface area contributed by atoms with Crippen molar-refractivity contribution in [1.29, 1.82) is 5.26 Å². The lowest BCUT2D eigenvalue weighted by Crippen LogP contribution is -2.28. The van der Waals surface area contributed by atoms with Crippen molar-refractivity contribution in [2.75, 3.05) is 39.1 Å². The monoisotopic (exact) mass is 232 g/mol. The molecule has 0 aliphatic carbocycles. The Morgan fingerprint density at radius 3 is 2.47 bits per heavy atom. The molecule has 0 heterocycles. The van der Waals surface area contributed by atoms with E-state index in [4.69, 9.17) is 11.0 Å². The van der Waals surface area contributed by atoms with E-state index in [1.807, 2.05) is 39.3 Å². The van der Waals surface area contributed by atoms with Crippen LogP contribution >= 0.6 is 0 Å². The van der Waals surface area contributed by atoms with Gasteiger partial charge in [-0.1, -0.05) is 6.07 Å².